The molecule has 1 heterocycles. The second-order valence-corrected chi connectivity index (χ2v) is 6.44. The van der Waals surface area contributed by atoms with Gasteiger partial charge in [-0.25, -0.2) is 9.78 Å². The minimum atomic E-state index is -0.587. The normalized spacial score (nSPS) is 12.0. The third-order valence-electron chi connectivity index (χ3n) is 3.46. The van der Waals surface area contributed by atoms with E-state index in [1.54, 1.807) is 5.38 Å². The first-order valence-corrected chi connectivity index (χ1v) is 8.32. The van der Waals surface area contributed by atoms with Crippen molar-refractivity contribution in [2.45, 2.75) is 26.8 Å². The van der Waals surface area contributed by atoms with Crippen LogP contribution in [0.4, 0.5) is 0 Å². The molecule has 0 bridgehead atoms. The van der Waals surface area contributed by atoms with Gasteiger partial charge >= 0.3 is 5.97 Å². The molecule has 1 aromatic carbocycles. The van der Waals surface area contributed by atoms with E-state index in [9.17, 15) is 9.59 Å². The lowest BCUT2D eigenvalue weighted by atomic mass is 10.1. The van der Waals surface area contributed by atoms with Crippen LogP contribution in [0.25, 0.3) is 10.6 Å². The van der Waals surface area contributed by atoms with Gasteiger partial charge < -0.3 is 10.1 Å². The van der Waals surface area contributed by atoms with Crippen molar-refractivity contribution in [2.24, 2.45) is 5.92 Å². The molecule has 0 aliphatic carbocycles. The Morgan fingerprint density at radius 3 is 2.57 bits per heavy atom. The van der Waals surface area contributed by atoms with Crippen molar-refractivity contribution in [1.29, 1.82) is 0 Å². The molecule has 6 heteroatoms. The van der Waals surface area contributed by atoms with Crippen molar-refractivity contribution in [3.63, 3.8) is 0 Å². The fourth-order valence-electron chi connectivity index (χ4n) is 1.75. The van der Waals surface area contributed by atoms with Crippen LogP contribution < -0.4 is 5.32 Å². The second kappa shape index (κ2) is 7.87. The standard InChI is InChI=1S/C17H20N2O3S/c1-11(2)12(3)18-15(20)9-22-17(21)14-10-23-16(19-14)13-7-5-4-6-8-13/h4-8,10-12H,9H2,1-3H3,(H,18,20)/t12-/m1/s1. The largest absolute Gasteiger partial charge is 0.451 e. The predicted octanol–water partition coefficient (Wildman–Crippen LogP) is 3.13. The van der Waals surface area contributed by atoms with Crippen molar-refractivity contribution in [3.05, 3.63) is 41.4 Å². The number of benzene rings is 1. The lowest BCUT2D eigenvalue weighted by Crippen LogP contribution is -2.38. The van der Waals surface area contributed by atoms with Gasteiger partial charge in [0, 0.05) is 17.0 Å². The quantitative estimate of drug-likeness (QED) is 0.825. The molecule has 0 aliphatic rings. The van der Waals surface area contributed by atoms with Gasteiger partial charge in [-0.15, -0.1) is 11.3 Å². The molecule has 5 nitrogen and oxygen atoms in total. The average Bonchev–Trinajstić information content (AvgIpc) is 3.03. The lowest BCUT2D eigenvalue weighted by molar-refractivity contribution is -0.125. The number of nitrogens with one attached hydrogen (secondary N) is 1. The van der Waals surface area contributed by atoms with Gasteiger partial charge in [0.2, 0.25) is 0 Å². The van der Waals surface area contributed by atoms with E-state index in [1.807, 2.05) is 51.1 Å². The molecule has 2 rings (SSSR count). The molecule has 1 atom stereocenters. The Morgan fingerprint density at radius 1 is 1.22 bits per heavy atom. The molecule has 0 saturated carbocycles. The fourth-order valence-corrected chi connectivity index (χ4v) is 2.54. The first-order chi connectivity index (χ1) is 11.0. The van der Waals surface area contributed by atoms with Gasteiger partial charge in [0.15, 0.2) is 12.3 Å². The Balaban J connectivity index is 1.89. The molecule has 0 aliphatic heterocycles. The van der Waals surface area contributed by atoms with E-state index >= 15 is 0 Å². The average molecular weight is 332 g/mol. The van der Waals surface area contributed by atoms with Gasteiger partial charge in [-0.1, -0.05) is 44.2 Å². The third-order valence-corrected chi connectivity index (χ3v) is 4.35. The summed E-state index contributed by atoms with van der Waals surface area (Å²) in [5, 5.41) is 5.17. The number of thiazole rings is 1. The van der Waals surface area contributed by atoms with Gasteiger partial charge in [0.25, 0.3) is 5.91 Å². The number of amides is 1. The van der Waals surface area contributed by atoms with Crippen molar-refractivity contribution < 1.29 is 14.3 Å². The Hall–Kier alpha value is -2.21. The molecule has 2 aromatic rings. The van der Waals surface area contributed by atoms with Crippen molar-refractivity contribution in [2.75, 3.05) is 6.61 Å². The maximum atomic E-state index is 12.0. The van der Waals surface area contributed by atoms with Crippen LogP contribution in [-0.4, -0.2) is 29.5 Å². The Bertz CT molecular complexity index is 667. The summed E-state index contributed by atoms with van der Waals surface area (Å²) in [6.45, 7) is 5.64. The van der Waals surface area contributed by atoms with Gasteiger partial charge in [0.05, 0.1) is 0 Å². The van der Waals surface area contributed by atoms with Crippen LogP contribution >= 0.6 is 11.3 Å². The molecular formula is C17H20N2O3S. The van der Waals surface area contributed by atoms with Crippen LogP contribution in [0.5, 0.6) is 0 Å². The summed E-state index contributed by atoms with van der Waals surface area (Å²) in [5.74, 6) is -0.574. The van der Waals surface area contributed by atoms with E-state index in [0.29, 0.717) is 5.92 Å². The lowest BCUT2D eigenvalue weighted by Gasteiger charge is -2.17. The topological polar surface area (TPSA) is 68.3 Å². The van der Waals surface area contributed by atoms with E-state index < -0.39 is 5.97 Å². The molecule has 0 unspecified atom stereocenters. The fraction of sp³-hybridized carbons (Fsp3) is 0.353. The highest BCUT2D eigenvalue weighted by Gasteiger charge is 2.16. The van der Waals surface area contributed by atoms with E-state index in [1.165, 1.54) is 11.3 Å². The van der Waals surface area contributed by atoms with E-state index in [2.05, 4.69) is 10.3 Å². The van der Waals surface area contributed by atoms with Crippen LogP contribution in [0.2, 0.25) is 0 Å². The first kappa shape index (κ1) is 17.1. The van der Waals surface area contributed by atoms with Crippen molar-refractivity contribution in [1.82, 2.24) is 10.3 Å². The van der Waals surface area contributed by atoms with Crippen molar-refractivity contribution >= 4 is 23.2 Å². The van der Waals surface area contributed by atoms with E-state index in [-0.39, 0.29) is 24.2 Å². The van der Waals surface area contributed by atoms with Gasteiger partial charge in [-0.05, 0) is 12.8 Å². The van der Waals surface area contributed by atoms with Crippen LogP contribution in [-0.2, 0) is 9.53 Å². The highest BCUT2D eigenvalue weighted by atomic mass is 32.1. The molecule has 23 heavy (non-hydrogen) atoms. The Labute approximate surface area is 139 Å². The Morgan fingerprint density at radius 2 is 1.91 bits per heavy atom. The van der Waals surface area contributed by atoms with Gasteiger partial charge in [-0.2, -0.15) is 0 Å². The minimum Gasteiger partial charge on any atom is -0.451 e. The maximum absolute atomic E-state index is 12.0. The number of carbonyl (C=O) groups excluding carboxylic acids is 2. The molecule has 0 fully saturated rings. The van der Waals surface area contributed by atoms with Crippen LogP contribution in [0.15, 0.2) is 35.7 Å². The molecule has 1 amide bonds. The zero-order valence-corrected chi connectivity index (χ0v) is 14.2. The molecule has 122 valence electrons. The van der Waals surface area contributed by atoms with Crippen LogP contribution in [0.1, 0.15) is 31.3 Å². The second-order valence-electron chi connectivity index (χ2n) is 5.58. The summed E-state index contributed by atoms with van der Waals surface area (Å²) in [5.41, 5.74) is 1.17. The molecule has 0 saturated heterocycles. The molecule has 0 spiro atoms. The number of hydrogen-bond acceptors (Lipinski definition) is 5. The SMILES string of the molecule is CC(C)[C@@H](C)NC(=O)COC(=O)c1csc(-c2ccccc2)n1. The highest BCUT2D eigenvalue weighted by Crippen LogP contribution is 2.23. The summed E-state index contributed by atoms with van der Waals surface area (Å²) in [7, 11) is 0. The van der Waals surface area contributed by atoms with Gasteiger partial charge in [0.1, 0.15) is 5.01 Å². The first-order valence-electron chi connectivity index (χ1n) is 7.45. The Kier molecular flexibility index (Phi) is 5.87. The summed E-state index contributed by atoms with van der Waals surface area (Å²) >= 11 is 1.37. The van der Waals surface area contributed by atoms with E-state index in [4.69, 9.17) is 4.74 Å². The van der Waals surface area contributed by atoms with Crippen LogP contribution in [0, 0.1) is 5.92 Å². The number of rotatable bonds is 6. The maximum Gasteiger partial charge on any atom is 0.358 e. The number of ether oxygens (including phenoxy) is 1. The summed E-state index contributed by atoms with van der Waals surface area (Å²) in [6.07, 6.45) is 0. The number of aromatic nitrogens is 1. The molecule has 0 radical (unpaired) electrons. The number of nitrogens with zero attached hydrogens (tertiary/aromatic N) is 1. The zero-order chi connectivity index (χ0) is 16.8. The van der Waals surface area contributed by atoms with Gasteiger partial charge in [-0.3, -0.25) is 4.79 Å². The number of esters is 1. The molecular weight excluding hydrogens is 312 g/mol. The van der Waals surface area contributed by atoms with Crippen molar-refractivity contribution in [3.8, 4) is 10.6 Å². The third kappa shape index (κ3) is 4.89. The summed E-state index contributed by atoms with van der Waals surface area (Å²) in [4.78, 5) is 27.9. The number of carbonyl (C=O) groups is 2. The monoisotopic (exact) mass is 332 g/mol. The minimum absolute atomic E-state index is 0.0326. The van der Waals surface area contributed by atoms with Crippen LogP contribution in [0.3, 0.4) is 0 Å². The molecule has 1 aromatic heterocycles. The zero-order valence-electron chi connectivity index (χ0n) is 13.4. The summed E-state index contributed by atoms with van der Waals surface area (Å²) in [6, 6.07) is 9.63. The predicted molar refractivity (Wildman–Crippen MR) is 90.3 cm³/mol. The summed E-state index contributed by atoms with van der Waals surface area (Å²) < 4.78 is 5.01. The number of hydrogen-bond donors (Lipinski definition) is 1. The smallest absolute Gasteiger partial charge is 0.358 e. The molecule has 1 N–H and O–H groups in total. The van der Waals surface area contributed by atoms with E-state index in [0.717, 1.165) is 10.6 Å². The highest BCUT2D eigenvalue weighted by molar-refractivity contribution is 7.13.